The van der Waals surface area contributed by atoms with Gasteiger partial charge >= 0.3 is 0 Å². The van der Waals surface area contributed by atoms with Crippen molar-refractivity contribution in [2.24, 2.45) is 11.8 Å². The zero-order valence-corrected chi connectivity index (χ0v) is 21.6. The van der Waals surface area contributed by atoms with E-state index in [9.17, 15) is 9.19 Å². The van der Waals surface area contributed by atoms with Crippen molar-refractivity contribution in [2.75, 3.05) is 20.3 Å². The maximum atomic E-state index is 12.8. The van der Waals surface area contributed by atoms with Gasteiger partial charge in [-0.3, -0.25) is 0 Å². The molecule has 0 aromatic heterocycles. The molecule has 3 fully saturated rings. The van der Waals surface area contributed by atoms with Gasteiger partial charge in [-0.05, 0) is 72.8 Å². The highest BCUT2D eigenvalue weighted by Crippen LogP contribution is 2.61. The number of rotatable bonds is 9. The van der Waals surface area contributed by atoms with Crippen LogP contribution in [0, 0.1) is 11.8 Å². The first-order chi connectivity index (χ1) is 13.4. The van der Waals surface area contributed by atoms with Crippen molar-refractivity contribution >= 4 is 30.9 Å². The van der Waals surface area contributed by atoms with Crippen LogP contribution in [0.15, 0.2) is 10.1 Å². The van der Waals surface area contributed by atoms with Gasteiger partial charge in [-0.25, -0.2) is 0 Å². The van der Waals surface area contributed by atoms with E-state index in [1.165, 1.54) is 0 Å². The molecule has 1 unspecified atom stereocenters. The molecule has 1 aliphatic carbocycles. The monoisotopic (exact) mass is 542 g/mol. The normalized spacial score (nSPS) is 40.2. The van der Waals surface area contributed by atoms with Crippen molar-refractivity contribution in [1.29, 1.82) is 0 Å². The van der Waals surface area contributed by atoms with Gasteiger partial charge in [0.05, 0.1) is 31.0 Å². The number of halogens is 2. The summed E-state index contributed by atoms with van der Waals surface area (Å²) in [4.78, 5) is 10.8. The summed E-state index contributed by atoms with van der Waals surface area (Å²) in [7, 11) is -0.509. The molecule has 2 saturated heterocycles. The zero-order valence-electron chi connectivity index (χ0n) is 18.5. The van der Waals surface area contributed by atoms with Gasteiger partial charge in [0.25, 0.3) is 0 Å². The summed E-state index contributed by atoms with van der Waals surface area (Å²) in [6, 6.07) is 0. The van der Waals surface area contributed by atoms with Gasteiger partial charge in [0.2, 0.25) is 0 Å². The van der Waals surface area contributed by atoms with E-state index in [2.05, 4.69) is 20.8 Å². The standard InChI is InChI=1S/C21H36FIO5Si/c1-19(2,29(5,6)24)11-14-7-9-21(13-27-21)18(17(14)25-4)20(3)15(28-20)8-10-26-12-16(22)23/h12,14-15,17-18,24H,7-11,13H2,1-6H3/t14-,15+,17+,18+,20?,21-/m0/s1. The van der Waals surface area contributed by atoms with Crippen LogP contribution in [0.3, 0.4) is 0 Å². The van der Waals surface area contributed by atoms with Gasteiger partial charge in [-0.1, -0.05) is 13.8 Å². The molecule has 1 saturated carbocycles. The summed E-state index contributed by atoms with van der Waals surface area (Å²) in [6.07, 6.45) is 4.95. The second kappa shape index (κ2) is 8.31. The molecule has 0 aromatic rings. The minimum absolute atomic E-state index is 0.0319. The van der Waals surface area contributed by atoms with Crippen LogP contribution in [0.5, 0.6) is 0 Å². The van der Waals surface area contributed by atoms with Crippen LogP contribution in [0.4, 0.5) is 4.39 Å². The molecule has 3 aliphatic rings. The van der Waals surface area contributed by atoms with Crippen LogP contribution in [-0.2, 0) is 18.9 Å². The number of hydrogen-bond acceptors (Lipinski definition) is 5. The Kier molecular flexibility index (Phi) is 6.85. The zero-order chi connectivity index (χ0) is 21.7. The average Bonchev–Trinajstić information content (AvgIpc) is 3.50. The molecule has 29 heavy (non-hydrogen) atoms. The van der Waals surface area contributed by atoms with Crippen LogP contribution < -0.4 is 0 Å². The Labute approximate surface area is 189 Å². The molecule has 1 N–H and O–H groups in total. The average molecular weight is 543 g/mol. The first-order valence-corrected chi connectivity index (χ1v) is 14.6. The van der Waals surface area contributed by atoms with Gasteiger partial charge in [0.15, 0.2) is 12.2 Å². The van der Waals surface area contributed by atoms with E-state index >= 15 is 0 Å². The molecule has 8 heteroatoms. The second-order valence-corrected chi connectivity index (χ2v) is 15.8. The van der Waals surface area contributed by atoms with Crippen molar-refractivity contribution in [3.63, 3.8) is 0 Å². The maximum Gasteiger partial charge on any atom is 0.194 e. The lowest BCUT2D eigenvalue weighted by Crippen LogP contribution is -2.54. The molecule has 3 rings (SSSR count). The fourth-order valence-corrected chi connectivity index (χ4v) is 6.17. The molecule has 5 nitrogen and oxygen atoms in total. The predicted molar refractivity (Wildman–Crippen MR) is 121 cm³/mol. The predicted octanol–water partition coefficient (Wildman–Crippen LogP) is 4.93. The van der Waals surface area contributed by atoms with Crippen LogP contribution in [0.2, 0.25) is 18.1 Å². The Hall–Kier alpha value is 0.257. The van der Waals surface area contributed by atoms with E-state index in [0.717, 1.165) is 32.1 Å². The molecule has 0 amide bonds. The topological polar surface area (TPSA) is 63.8 Å². The third-order valence-corrected chi connectivity index (χ3v) is 11.6. The van der Waals surface area contributed by atoms with E-state index in [0.29, 0.717) is 18.9 Å². The lowest BCUT2D eigenvalue weighted by molar-refractivity contribution is -0.0866. The van der Waals surface area contributed by atoms with Crippen molar-refractivity contribution in [3.05, 3.63) is 10.1 Å². The summed E-state index contributed by atoms with van der Waals surface area (Å²) in [5.41, 5.74) is -0.464. The van der Waals surface area contributed by atoms with Gasteiger partial charge in [-0.15, -0.1) is 0 Å². The highest BCUT2D eigenvalue weighted by Gasteiger charge is 2.72. The molecule has 1 spiro atoms. The molecule has 0 aromatic carbocycles. The van der Waals surface area contributed by atoms with Crippen LogP contribution in [-0.4, -0.2) is 56.8 Å². The van der Waals surface area contributed by atoms with E-state index in [4.69, 9.17) is 18.9 Å². The molecular weight excluding hydrogens is 506 g/mol. The minimum Gasteiger partial charge on any atom is -0.498 e. The second-order valence-electron chi connectivity index (χ2n) is 10.3. The lowest BCUT2D eigenvalue weighted by atomic mass is 9.64. The highest BCUT2D eigenvalue weighted by atomic mass is 127. The Balaban J connectivity index is 1.72. The molecule has 0 bridgehead atoms. The van der Waals surface area contributed by atoms with Crippen LogP contribution in [0.1, 0.15) is 46.5 Å². The van der Waals surface area contributed by atoms with Gasteiger partial charge in [0, 0.05) is 19.4 Å². The Morgan fingerprint density at radius 2 is 2.07 bits per heavy atom. The van der Waals surface area contributed by atoms with Crippen molar-refractivity contribution in [1.82, 2.24) is 0 Å². The number of methoxy groups -OCH3 is 1. The third kappa shape index (κ3) is 4.87. The molecule has 0 radical (unpaired) electrons. The van der Waals surface area contributed by atoms with E-state index in [1.54, 1.807) is 29.7 Å². The fraction of sp³-hybridized carbons (Fsp3) is 0.905. The van der Waals surface area contributed by atoms with Crippen LogP contribution in [0.25, 0.3) is 0 Å². The fourth-order valence-electron chi connectivity index (χ4n) is 5.23. The maximum absolute atomic E-state index is 12.8. The van der Waals surface area contributed by atoms with Crippen LogP contribution >= 0.6 is 22.6 Å². The molecular formula is C21H36FIO5Si. The smallest absolute Gasteiger partial charge is 0.194 e. The highest BCUT2D eigenvalue weighted by molar-refractivity contribution is 14.1. The minimum atomic E-state index is -2.30. The summed E-state index contributed by atoms with van der Waals surface area (Å²) in [5, 5.41) is -0.0949. The summed E-state index contributed by atoms with van der Waals surface area (Å²) >= 11 is 1.59. The molecule has 168 valence electrons. The molecule has 2 heterocycles. The third-order valence-electron chi connectivity index (χ3n) is 7.78. The first kappa shape index (κ1) is 23.9. The lowest BCUT2D eigenvalue weighted by Gasteiger charge is -2.47. The van der Waals surface area contributed by atoms with E-state index < -0.39 is 8.32 Å². The molecule has 6 atom stereocenters. The van der Waals surface area contributed by atoms with Crippen molar-refractivity contribution in [2.45, 2.75) is 88.0 Å². The van der Waals surface area contributed by atoms with Gasteiger partial charge < -0.3 is 23.7 Å². The van der Waals surface area contributed by atoms with Crippen molar-refractivity contribution in [3.8, 4) is 0 Å². The molecule has 2 aliphatic heterocycles. The Bertz CT molecular complexity index is 629. The largest absolute Gasteiger partial charge is 0.498 e. The summed E-state index contributed by atoms with van der Waals surface area (Å²) in [5.74, 6) is 0.516. The number of epoxide rings is 2. The quantitative estimate of drug-likeness (QED) is 0.147. The number of ether oxygens (including phenoxy) is 4. The van der Waals surface area contributed by atoms with E-state index in [1.807, 2.05) is 13.1 Å². The van der Waals surface area contributed by atoms with Crippen molar-refractivity contribution < 1.29 is 28.1 Å². The van der Waals surface area contributed by atoms with Gasteiger partial charge in [0.1, 0.15) is 11.9 Å². The Morgan fingerprint density at radius 1 is 1.41 bits per heavy atom. The Morgan fingerprint density at radius 3 is 2.59 bits per heavy atom. The summed E-state index contributed by atoms with van der Waals surface area (Å²) in [6.45, 7) is 11.8. The first-order valence-electron chi connectivity index (χ1n) is 10.6. The van der Waals surface area contributed by atoms with E-state index in [-0.39, 0.29) is 38.2 Å². The van der Waals surface area contributed by atoms with Gasteiger partial charge in [-0.2, -0.15) is 4.39 Å². The number of hydrogen-bond donors (Lipinski definition) is 1. The SMILES string of the molecule is CO[C@@H]1[C@H](CC(C)(C)[Si](C)(C)O)CC[C@]2(CO2)[C@H]1C1(C)O[C@@H]1CCOC=C(F)I. The summed E-state index contributed by atoms with van der Waals surface area (Å²) < 4.78 is 36.0.